The Morgan fingerprint density at radius 1 is 0.515 bits per heavy atom. The monoisotopic (exact) mass is 454 g/mol. The van der Waals surface area contributed by atoms with Crippen molar-refractivity contribution in [3.63, 3.8) is 0 Å². The average Bonchev–Trinajstić information content (AvgIpc) is 2.81. The first-order chi connectivity index (χ1) is 15.9. The van der Waals surface area contributed by atoms with Crippen LogP contribution in [0.25, 0.3) is 10.8 Å². The Hall–Kier alpha value is -3.21. The topological polar surface area (TPSA) is 0 Å². The summed E-state index contributed by atoms with van der Waals surface area (Å²) >= 11 is 0. The van der Waals surface area contributed by atoms with Gasteiger partial charge in [-0.05, 0) is 83.5 Å². The van der Waals surface area contributed by atoms with E-state index in [0.29, 0.717) is 29.4 Å². The molecule has 0 bridgehead atoms. The number of hydrogen-bond donors (Lipinski definition) is 0. The molecule has 4 aromatic rings. The van der Waals surface area contributed by atoms with Gasteiger partial charge in [0.05, 0.1) is 0 Å². The van der Waals surface area contributed by atoms with Crippen molar-refractivity contribution >= 4 is 10.8 Å². The van der Waals surface area contributed by atoms with E-state index in [-0.39, 0.29) is 30.0 Å². The maximum Gasteiger partial charge on any atom is 0.194 e. The van der Waals surface area contributed by atoms with Crippen LogP contribution in [0.2, 0.25) is 0 Å². The average molecular weight is 454 g/mol. The third kappa shape index (κ3) is 5.08. The van der Waals surface area contributed by atoms with E-state index in [4.69, 9.17) is 0 Å². The first-order valence-electron chi connectivity index (χ1n) is 11.0. The van der Waals surface area contributed by atoms with Gasteiger partial charge in [-0.15, -0.1) is 0 Å². The second-order valence-electron chi connectivity index (χ2n) is 8.25. The highest BCUT2D eigenvalue weighted by atomic mass is 19.2. The van der Waals surface area contributed by atoms with Gasteiger partial charge in [-0.1, -0.05) is 49.4 Å². The molecule has 0 saturated heterocycles. The van der Waals surface area contributed by atoms with Crippen molar-refractivity contribution in [1.29, 1.82) is 0 Å². The molecule has 0 unspecified atom stereocenters. The van der Waals surface area contributed by atoms with Crippen molar-refractivity contribution in [2.24, 2.45) is 0 Å². The van der Waals surface area contributed by atoms with E-state index in [1.54, 1.807) is 24.3 Å². The molecule has 0 nitrogen and oxygen atoms in total. The molecule has 0 aliphatic heterocycles. The number of aryl methyl sites for hydroxylation is 5. The summed E-state index contributed by atoms with van der Waals surface area (Å²) in [7, 11) is 0. The van der Waals surface area contributed by atoms with Crippen molar-refractivity contribution in [3.8, 4) is 0 Å². The Labute approximate surface area is 189 Å². The fraction of sp³-hybridized carbons (Fsp3) is 0.214. The minimum atomic E-state index is -1.51. The Morgan fingerprint density at radius 3 is 1.82 bits per heavy atom. The molecule has 0 amide bonds. The Balaban J connectivity index is 1.48. The van der Waals surface area contributed by atoms with Crippen molar-refractivity contribution in [3.05, 3.63) is 118 Å². The summed E-state index contributed by atoms with van der Waals surface area (Å²) in [6.45, 7) is 1.98. The maximum atomic E-state index is 15.0. The summed E-state index contributed by atoms with van der Waals surface area (Å²) in [6.07, 6.45) is 2.36. The van der Waals surface area contributed by atoms with Crippen LogP contribution in [0.3, 0.4) is 0 Å². The van der Waals surface area contributed by atoms with E-state index in [0.717, 1.165) is 35.1 Å². The van der Waals surface area contributed by atoms with Gasteiger partial charge in [0, 0.05) is 5.39 Å². The molecule has 0 N–H and O–H groups in total. The van der Waals surface area contributed by atoms with Crippen LogP contribution in [0, 0.1) is 29.1 Å². The molecule has 0 saturated carbocycles. The molecule has 0 radical (unpaired) electrons. The number of halogens is 5. The molecule has 33 heavy (non-hydrogen) atoms. The van der Waals surface area contributed by atoms with Crippen LogP contribution in [-0.2, 0) is 32.1 Å². The van der Waals surface area contributed by atoms with Crippen LogP contribution in [-0.4, -0.2) is 0 Å². The van der Waals surface area contributed by atoms with Gasteiger partial charge in [0.25, 0.3) is 0 Å². The largest absolute Gasteiger partial charge is 0.207 e. The summed E-state index contributed by atoms with van der Waals surface area (Å²) in [5, 5.41) is 1.18. The fourth-order valence-electron chi connectivity index (χ4n) is 4.06. The molecule has 0 aliphatic rings. The molecule has 170 valence electrons. The second kappa shape index (κ2) is 9.74. The fourth-order valence-corrected chi connectivity index (χ4v) is 4.06. The van der Waals surface area contributed by atoms with Gasteiger partial charge < -0.3 is 0 Å². The summed E-state index contributed by atoms with van der Waals surface area (Å²) in [5.74, 6) is -4.60. The second-order valence-corrected chi connectivity index (χ2v) is 8.25. The highest BCUT2D eigenvalue weighted by Gasteiger charge is 2.13. The molecule has 4 rings (SSSR count). The van der Waals surface area contributed by atoms with Crippen LogP contribution in [0.4, 0.5) is 22.0 Å². The Bertz CT molecular complexity index is 1290. The minimum Gasteiger partial charge on any atom is -0.207 e. The number of benzene rings is 4. The zero-order valence-electron chi connectivity index (χ0n) is 18.2. The number of fused-ring (bicyclic) bond motifs is 1. The molecule has 0 fully saturated rings. The molecular weight excluding hydrogens is 431 g/mol. The van der Waals surface area contributed by atoms with Gasteiger partial charge in [0.15, 0.2) is 17.5 Å². The highest BCUT2D eigenvalue weighted by Crippen LogP contribution is 2.25. The molecule has 4 aromatic carbocycles. The quantitative estimate of drug-likeness (QED) is 0.199. The molecule has 0 atom stereocenters. The standard InChI is InChI=1S/C28H23F5/c1-2-17-3-7-20(24(29)14-17)8-4-18-6-12-23-22(13-18)11-10-21(27(23)32)9-5-19-15-25(30)28(33)26(31)16-19/h3,6-7,10-16H,2,4-5,8-9H2,1H3. The molecule has 0 aromatic heterocycles. The summed E-state index contributed by atoms with van der Waals surface area (Å²) in [5.41, 5.74) is 3.27. The lowest BCUT2D eigenvalue weighted by atomic mass is 9.97. The maximum absolute atomic E-state index is 15.0. The summed E-state index contributed by atoms with van der Waals surface area (Å²) < 4.78 is 69.2. The van der Waals surface area contributed by atoms with Gasteiger partial charge in [-0.3, -0.25) is 0 Å². The van der Waals surface area contributed by atoms with E-state index >= 15 is 4.39 Å². The highest BCUT2D eigenvalue weighted by molar-refractivity contribution is 5.84. The van der Waals surface area contributed by atoms with Crippen LogP contribution in [0.15, 0.2) is 60.7 Å². The molecule has 0 aliphatic carbocycles. The van der Waals surface area contributed by atoms with Crippen LogP contribution in [0.5, 0.6) is 0 Å². The van der Waals surface area contributed by atoms with Gasteiger partial charge in [0.1, 0.15) is 11.6 Å². The van der Waals surface area contributed by atoms with Crippen LogP contribution >= 0.6 is 0 Å². The van der Waals surface area contributed by atoms with Crippen molar-refractivity contribution < 1.29 is 22.0 Å². The minimum absolute atomic E-state index is 0.178. The molecule has 5 heteroatoms. The van der Waals surface area contributed by atoms with E-state index in [1.165, 1.54) is 0 Å². The zero-order chi connectivity index (χ0) is 23.5. The smallest absolute Gasteiger partial charge is 0.194 e. The lowest BCUT2D eigenvalue weighted by Crippen LogP contribution is -2.00. The lowest BCUT2D eigenvalue weighted by Gasteiger charge is -2.10. The van der Waals surface area contributed by atoms with Crippen molar-refractivity contribution in [1.82, 2.24) is 0 Å². The number of hydrogen-bond acceptors (Lipinski definition) is 0. The third-order valence-corrected chi connectivity index (χ3v) is 6.03. The van der Waals surface area contributed by atoms with Gasteiger partial charge >= 0.3 is 0 Å². The van der Waals surface area contributed by atoms with Crippen LogP contribution in [0.1, 0.15) is 34.7 Å². The first kappa shape index (κ1) is 23.0. The van der Waals surface area contributed by atoms with E-state index in [1.807, 2.05) is 31.2 Å². The first-order valence-corrected chi connectivity index (χ1v) is 11.0. The van der Waals surface area contributed by atoms with Gasteiger partial charge in [-0.2, -0.15) is 0 Å². The predicted octanol–water partition coefficient (Wildman–Crippen LogP) is 7.67. The molecular formula is C28H23F5. The molecule has 0 heterocycles. The Kier molecular flexibility index (Phi) is 6.77. The summed E-state index contributed by atoms with van der Waals surface area (Å²) in [4.78, 5) is 0. The van der Waals surface area contributed by atoms with E-state index in [2.05, 4.69) is 0 Å². The SMILES string of the molecule is CCc1ccc(CCc2ccc3c(F)c(CCc4cc(F)c(F)c(F)c4)ccc3c2)c(F)c1. The van der Waals surface area contributed by atoms with Gasteiger partial charge in [-0.25, -0.2) is 22.0 Å². The van der Waals surface area contributed by atoms with E-state index in [9.17, 15) is 17.6 Å². The Morgan fingerprint density at radius 2 is 1.12 bits per heavy atom. The van der Waals surface area contributed by atoms with Crippen molar-refractivity contribution in [2.45, 2.75) is 39.0 Å². The zero-order valence-corrected chi connectivity index (χ0v) is 18.2. The van der Waals surface area contributed by atoms with Gasteiger partial charge in [0.2, 0.25) is 0 Å². The van der Waals surface area contributed by atoms with Crippen molar-refractivity contribution in [2.75, 3.05) is 0 Å². The van der Waals surface area contributed by atoms with E-state index < -0.39 is 17.5 Å². The lowest BCUT2D eigenvalue weighted by molar-refractivity contribution is 0.445. The summed E-state index contributed by atoms with van der Waals surface area (Å²) in [6, 6.07) is 16.1. The third-order valence-electron chi connectivity index (χ3n) is 6.03. The van der Waals surface area contributed by atoms with Crippen LogP contribution < -0.4 is 0 Å². The number of rotatable bonds is 7. The predicted molar refractivity (Wildman–Crippen MR) is 121 cm³/mol. The normalized spacial score (nSPS) is 11.3. The molecule has 0 spiro atoms.